The zero-order chi connectivity index (χ0) is 14.8. The van der Waals surface area contributed by atoms with Crippen molar-refractivity contribution in [3.05, 3.63) is 35.1 Å². The Kier molecular flexibility index (Phi) is 4.24. The molecule has 1 aliphatic heterocycles. The van der Waals surface area contributed by atoms with Gasteiger partial charge >= 0.3 is 0 Å². The van der Waals surface area contributed by atoms with E-state index in [-0.39, 0.29) is 5.82 Å². The molecule has 4 heteroatoms. The number of nitrogens with zero attached hydrogens (tertiary/aromatic N) is 1. The summed E-state index contributed by atoms with van der Waals surface area (Å²) in [5.41, 5.74) is 2.14. The Hall–Kier alpha value is -1.42. The van der Waals surface area contributed by atoms with Gasteiger partial charge in [0, 0.05) is 31.6 Å². The number of benzene rings is 1. The normalized spacial score (nSPS) is 19.8. The summed E-state index contributed by atoms with van der Waals surface area (Å²) in [7, 11) is 0. The van der Waals surface area contributed by atoms with Crippen molar-refractivity contribution in [2.75, 3.05) is 13.1 Å². The summed E-state index contributed by atoms with van der Waals surface area (Å²) >= 11 is 0. The van der Waals surface area contributed by atoms with Gasteiger partial charge in [0.1, 0.15) is 5.82 Å². The Morgan fingerprint density at radius 2 is 2.00 bits per heavy atom. The predicted octanol–water partition coefficient (Wildman–Crippen LogP) is 2.62. The van der Waals surface area contributed by atoms with Crippen LogP contribution in [0.4, 0.5) is 4.39 Å². The quantitative estimate of drug-likeness (QED) is 0.924. The summed E-state index contributed by atoms with van der Waals surface area (Å²) in [5.74, 6) is 0.516. The lowest BCUT2D eigenvalue weighted by Crippen LogP contribution is -2.45. The first-order chi connectivity index (χ1) is 10.1. The van der Waals surface area contributed by atoms with Crippen molar-refractivity contribution < 1.29 is 9.18 Å². The van der Waals surface area contributed by atoms with E-state index in [1.54, 1.807) is 6.07 Å². The molecule has 3 rings (SSSR count). The van der Waals surface area contributed by atoms with Crippen LogP contribution in [0.5, 0.6) is 0 Å². The summed E-state index contributed by atoms with van der Waals surface area (Å²) < 4.78 is 13.1. The number of carbonyl (C=O) groups is 1. The van der Waals surface area contributed by atoms with Gasteiger partial charge in [0.15, 0.2) is 0 Å². The van der Waals surface area contributed by atoms with E-state index in [0.29, 0.717) is 17.9 Å². The number of hydrogen-bond donors (Lipinski definition) is 1. The molecule has 0 bridgehead atoms. The third-order valence-corrected chi connectivity index (χ3v) is 4.62. The van der Waals surface area contributed by atoms with Crippen LogP contribution in [0, 0.1) is 18.7 Å². The number of halogens is 1. The second-order valence-electron chi connectivity index (χ2n) is 6.33. The highest BCUT2D eigenvalue weighted by atomic mass is 19.1. The van der Waals surface area contributed by atoms with Gasteiger partial charge in [-0.15, -0.1) is 0 Å². The van der Waals surface area contributed by atoms with Gasteiger partial charge in [-0.1, -0.05) is 6.07 Å². The molecule has 21 heavy (non-hydrogen) atoms. The first kappa shape index (κ1) is 14.5. The average molecular weight is 290 g/mol. The van der Waals surface area contributed by atoms with Crippen molar-refractivity contribution in [2.45, 2.75) is 45.2 Å². The fourth-order valence-corrected chi connectivity index (χ4v) is 3.00. The molecule has 0 radical (unpaired) electrons. The number of amides is 1. The first-order valence-corrected chi connectivity index (χ1v) is 7.90. The van der Waals surface area contributed by atoms with E-state index in [1.165, 1.54) is 6.07 Å². The monoisotopic (exact) mass is 290 g/mol. The van der Waals surface area contributed by atoms with Gasteiger partial charge in [-0.05, 0) is 55.9 Å². The third kappa shape index (κ3) is 3.62. The second kappa shape index (κ2) is 6.14. The largest absolute Gasteiger partial charge is 0.342 e. The molecule has 1 N–H and O–H groups in total. The summed E-state index contributed by atoms with van der Waals surface area (Å²) in [4.78, 5) is 14.0. The lowest BCUT2D eigenvalue weighted by Gasteiger charge is -2.32. The van der Waals surface area contributed by atoms with Crippen LogP contribution in [-0.4, -0.2) is 29.9 Å². The van der Waals surface area contributed by atoms with Crippen molar-refractivity contribution in [1.82, 2.24) is 10.2 Å². The maximum Gasteiger partial charge on any atom is 0.225 e. The molecule has 0 unspecified atom stereocenters. The molecule has 1 heterocycles. The summed E-state index contributed by atoms with van der Waals surface area (Å²) in [5, 5.41) is 3.54. The number of rotatable bonds is 4. The maximum absolute atomic E-state index is 13.1. The second-order valence-corrected chi connectivity index (χ2v) is 6.33. The number of nitrogens with one attached hydrogen (secondary N) is 1. The highest BCUT2D eigenvalue weighted by molar-refractivity contribution is 5.81. The van der Waals surface area contributed by atoms with E-state index >= 15 is 0 Å². The van der Waals surface area contributed by atoms with Gasteiger partial charge < -0.3 is 10.2 Å². The summed E-state index contributed by atoms with van der Waals surface area (Å²) in [6.45, 7) is 4.45. The Labute approximate surface area is 125 Å². The number of likely N-dealkylation sites (tertiary alicyclic amines) is 1. The van der Waals surface area contributed by atoms with Crippen LogP contribution in [-0.2, 0) is 11.3 Å². The van der Waals surface area contributed by atoms with Gasteiger partial charge in [-0.2, -0.15) is 0 Å². The van der Waals surface area contributed by atoms with Crippen LogP contribution < -0.4 is 5.32 Å². The lowest BCUT2D eigenvalue weighted by atomic mass is 10.0. The molecule has 1 saturated carbocycles. The van der Waals surface area contributed by atoms with Crippen molar-refractivity contribution in [3.63, 3.8) is 0 Å². The first-order valence-electron chi connectivity index (χ1n) is 7.90. The molecule has 1 amide bonds. The van der Waals surface area contributed by atoms with Crippen LogP contribution >= 0.6 is 0 Å². The standard InChI is InChI=1S/C17H23FN2O/c1-12-10-15(18)5-4-14(12)11-19-16-6-8-20(9-7-16)17(21)13-2-3-13/h4-5,10,13,16,19H,2-3,6-9,11H2,1H3. The minimum Gasteiger partial charge on any atom is -0.342 e. The lowest BCUT2D eigenvalue weighted by molar-refractivity contribution is -0.133. The van der Waals surface area contributed by atoms with Crippen LogP contribution in [0.1, 0.15) is 36.8 Å². The topological polar surface area (TPSA) is 32.3 Å². The van der Waals surface area contributed by atoms with Crippen molar-refractivity contribution in [3.8, 4) is 0 Å². The zero-order valence-corrected chi connectivity index (χ0v) is 12.6. The Morgan fingerprint density at radius 3 is 2.62 bits per heavy atom. The Balaban J connectivity index is 1.45. The highest BCUT2D eigenvalue weighted by Gasteiger charge is 2.34. The van der Waals surface area contributed by atoms with E-state index in [2.05, 4.69) is 5.32 Å². The van der Waals surface area contributed by atoms with Gasteiger partial charge in [0.2, 0.25) is 5.91 Å². The van der Waals surface area contributed by atoms with Crippen LogP contribution in [0.25, 0.3) is 0 Å². The van der Waals surface area contributed by atoms with Gasteiger partial charge in [-0.25, -0.2) is 4.39 Å². The van der Waals surface area contributed by atoms with Crippen molar-refractivity contribution >= 4 is 5.91 Å². The van der Waals surface area contributed by atoms with Crippen molar-refractivity contribution in [1.29, 1.82) is 0 Å². The molecular weight excluding hydrogens is 267 g/mol. The highest BCUT2D eigenvalue weighted by Crippen LogP contribution is 2.31. The van der Waals surface area contributed by atoms with Gasteiger partial charge in [0.25, 0.3) is 0 Å². The maximum atomic E-state index is 13.1. The average Bonchev–Trinajstić information content (AvgIpc) is 3.31. The fraction of sp³-hybridized carbons (Fsp3) is 0.588. The molecule has 114 valence electrons. The molecule has 0 aromatic heterocycles. The molecule has 2 aliphatic rings. The van der Waals surface area contributed by atoms with Crippen LogP contribution in [0.15, 0.2) is 18.2 Å². The SMILES string of the molecule is Cc1cc(F)ccc1CNC1CCN(C(=O)C2CC2)CC1. The molecule has 0 atom stereocenters. The molecule has 0 spiro atoms. The Bertz CT molecular complexity index is 520. The zero-order valence-electron chi connectivity index (χ0n) is 12.6. The fourth-order valence-electron chi connectivity index (χ4n) is 3.00. The molecular formula is C17H23FN2O. The number of aryl methyl sites for hydroxylation is 1. The minimum atomic E-state index is -0.178. The molecule has 2 fully saturated rings. The van der Waals surface area contributed by atoms with Crippen molar-refractivity contribution in [2.24, 2.45) is 5.92 Å². The molecule has 1 aromatic rings. The van der Waals surface area contributed by atoms with E-state index in [9.17, 15) is 9.18 Å². The predicted molar refractivity (Wildman–Crippen MR) is 80.3 cm³/mol. The van der Waals surface area contributed by atoms with E-state index < -0.39 is 0 Å². The number of piperidine rings is 1. The van der Waals surface area contributed by atoms with E-state index in [1.807, 2.05) is 17.9 Å². The van der Waals surface area contributed by atoms with Gasteiger partial charge in [0.05, 0.1) is 0 Å². The summed E-state index contributed by atoms with van der Waals surface area (Å²) in [6.07, 6.45) is 4.19. The molecule has 3 nitrogen and oxygen atoms in total. The Morgan fingerprint density at radius 1 is 1.29 bits per heavy atom. The summed E-state index contributed by atoms with van der Waals surface area (Å²) in [6, 6.07) is 5.40. The third-order valence-electron chi connectivity index (χ3n) is 4.62. The number of carbonyl (C=O) groups excluding carboxylic acids is 1. The number of hydrogen-bond acceptors (Lipinski definition) is 2. The van der Waals surface area contributed by atoms with Gasteiger partial charge in [-0.3, -0.25) is 4.79 Å². The van der Waals surface area contributed by atoms with Crippen LogP contribution in [0.3, 0.4) is 0 Å². The van der Waals surface area contributed by atoms with E-state index in [4.69, 9.17) is 0 Å². The smallest absolute Gasteiger partial charge is 0.225 e. The molecule has 1 aliphatic carbocycles. The minimum absolute atomic E-state index is 0.178. The van der Waals surface area contributed by atoms with Crippen LogP contribution in [0.2, 0.25) is 0 Å². The van der Waals surface area contributed by atoms with E-state index in [0.717, 1.165) is 56.4 Å². The molecule has 1 aromatic carbocycles. The molecule has 1 saturated heterocycles.